The first-order chi connectivity index (χ1) is 9.25. The Bertz CT molecular complexity index is 515. The van der Waals surface area contributed by atoms with E-state index in [0.717, 1.165) is 11.3 Å². The summed E-state index contributed by atoms with van der Waals surface area (Å²) in [6.45, 7) is 0.983. The van der Waals surface area contributed by atoms with Gasteiger partial charge in [-0.1, -0.05) is 6.07 Å². The Balaban J connectivity index is 1.83. The van der Waals surface area contributed by atoms with Gasteiger partial charge < -0.3 is 10.2 Å². The van der Waals surface area contributed by atoms with Gasteiger partial charge in [-0.25, -0.2) is 4.79 Å². The van der Waals surface area contributed by atoms with Crippen molar-refractivity contribution in [2.45, 2.75) is 13.1 Å². The molecule has 2 heterocycles. The molecule has 1 N–H and O–H groups in total. The second-order valence-electron chi connectivity index (χ2n) is 4.19. The van der Waals surface area contributed by atoms with Gasteiger partial charge in [0.1, 0.15) is 0 Å². The number of hydrogen-bond acceptors (Lipinski definition) is 3. The topological polar surface area (TPSA) is 58.1 Å². The molecular formula is C14H16N4O. The van der Waals surface area contributed by atoms with Crippen LogP contribution in [0, 0.1) is 0 Å². The SMILES string of the molecule is CN(Cc1ccncc1)C(=O)NCc1ccccn1. The maximum atomic E-state index is 11.9. The van der Waals surface area contributed by atoms with E-state index in [2.05, 4.69) is 15.3 Å². The van der Waals surface area contributed by atoms with Crippen molar-refractivity contribution in [1.29, 1.82) is 0 Å². The Morgan fingerprint density at radius 1 is 1.21 bits per heavy atom. The van der Waals surface area contributed by atoms with Crippen LogP contribution in [0.2, 0.25) is 0 Å². The molecule has 0 unspecified atom stereocenters. The van der Waals surface area contributed by atoms with E-state index in [0.29, 0.717) is 13.1 Å². The molecule has 98 valence electrons. The fraction of sp³-hybridized carbons (Fsp3) is 0.214. The molecular weight excluding hydrogens is 240 g/mol. The second-order valence-corrected chi connectivity index (χ2v) is 4.19. The predicted octanol–water partition coefficient (Wildman–Crippen LogP) is 1.82. The number of aromatic nitrogens is 2. The third-order valence-electron chi connectivity index (χ3n) is 2.66. The number of carbonyl (C=O) groups is 1. The summed E-state index contributed by atoms with van der Waals surface area (Å²) in [5, 5.41) is 2.83. The summed E-state index contributed by atoms with van der Waals surface area (Å²) in [4.78, 5) is 21.6. The second kappa shape index (κ2) is 6.49. The molecule has 0 spiro atoms. The molecule has 19 heavy (non-hydrogen) atoms. The summed E-state index contributed by atoms with van der Waals surface area (Å²) >= 11 is 0. The van der Waals surface area contributed by atoms with Crippen molar-refractivity contribution in [1.82, 2.24) is 20.2 Å². The first kappa shape index (κ1) is 13.0. The van der Waals surface area contributed by atoms with E-state index in [1.165, 1.54) is 0 Å². The van der Waals surface area contributed by atoms with Gasteiger partial charge in [-0.05, 0) is 29.8 Å². The molecule has 0 saturated heterocycles. The first-order valence-corrected chi connectivity index (χ1v) is 6.03. The fourth-order valence-corrected chi connectivity index (χ4v) is 1.64. The van der Waals surface area contributed by atoms with Gasteiger partial charge in [0.05, 0.1) is 12.2 Å². The minimum Gasteiger partial charge on any atom is -0.332 e. The molecule has 5 heteroatoms. The van der Waals surface area contributed by atoms with Gasteiger partial charge in [0.25, 0.3) is 0 Å². The molecule has 0 atom stereocenters. The molecule has 0 aromatic carbocycles. The highest BCUT2D eigenvalue weighted by molar-refractivity contribution is 5.73. The molecule has 2 aromatic rings. The standard InChI is InChI=1S/C14H16N4O/c1-18(11-12-5-8-15-9-6-12)14(19)17-10-13-4-2-3-7-16-13/h2-9H,10-11H2,1H3,(H,17,19). The lowest BCUT2D eigenvalue weighted by atomic mass is 10.2. The Kier molecular flexibility index (Phi) is 4.44. The van der Waals surface area contributed by atoms with Gasteiger partial charge in [-0.2, -0.15) is 0 Å². The number of urea groups is 1. The van der Waals surface area contributed by atoms with Crippen LogP contribution in [-0.4, -0.2) is 27.9 Å². The molecule has 0 bridgehead atoms. The summed E-state index contributed by atoms with van der Waals surface area (Å²) in [6, 6.07) is 9.28. The highest BCUT2D eigenvalue weighted by atomic mass is 16.2. The highest BCUT2D eigenvalue weighted by Gasteiger charge is 2.08. The minimum absolute atomic E-state index is 0.123. The molecule has 0 aliphatic heterocycles. The van der Waals surface area contributed by atoms with E-state index in [1.807, 2.05) is 30.3 Å². The van der Waals surface area contributed by atoms with Gasteiger partial charge in [-0.3, -0.25) is 9.97 Å². The van der Waals surface area contributed by atoms with Gasteiger partial charge in [0, 0.05) is 32.2 Å². The van der Waals surface area contributed by atoms with Crippen LogP contribution in [0.3, 0.4) is 0 Å². The largest absolute Gasteiger partial charge is 0.332 e. The zero-order valence-corrected chi connectivity index (χ0v) is 10.8. The average molecular weight is 256 g/mol. The monoisotopic (exact) mass is 256 g/mol. The Morgan fingerprint density at radius 2 is 2.00 bits per heavy atom. The average Bonchev–Trinajstić information content (AvgIpc) is 2.47. The number of nitrogens with zero attached hydrogens (tertiary/aromatic N) is 3. The van der Waals surface area contributed by atoms with Gasteiger partial charge in [0.2, 0.25) is 0 Å². The van der Waals surface area contributed by atoms with Crippen LogP contribution >= 0.6 is 0 Å². The lowest BCUT2D eigenvalue weighted by molar-refractivity contribution is 0.206. The van der Waals surface area contributed by atoms with E-state index < -0.39 is 0 Å². The van der Waals surface area contributed by atoms with Crippen LogP contribution in [0.5, 0.6) is 0 Å². The molecule has 2 aromatic heterocycles. The number of nitrogens with one attached hydrogen (secondary N) is 1. The van der Waals surface area contributed by atoms with Crippen molar-refractivity contribution in [3.63, 3.8) is 0 Å². The smallest absolute Gasteiger partial charge is 0.317 e. The third-order valence-corrected chi connectivity index (χ3v) is 2.66. The summed E-state index contributed by atoms with van der Waals surface area (Å²) in [6.07, 6.45) is 5.14. The van der Waals surface area contributed by atoms with Crippen molar-refractivity contribution in [3.05, 3.63) is 60.2 Å². The molecule has 2 rings (SSSR count). The van der Waals surface area contributed by atoms with Crippen LogP contribution in [-0.2, 0) is 13.1 Å². The quantitative estimate of drug-likeness (QED) is 0.907. The Hall–Kier alpha value is -2.43. The fourth-order valence-electron chi connectivity index (χ4n) is 1.64. The van der Waals surface area contributed by atoms with Crippen molar-refractivity contribution in [2.75, 3.05) is 7.05 Å². The maximum absolute atomic E-state index is 11.9. The number of amides is 2. The number of carbonyl (C=O) groups excluding carboxylic acids is 1. The summed E-state index contributed by atoms with van der Waals surface area (Å²) < 4.78 is 0. The van der Waals surface area contributed by atoms with Gasteiger partial charge in [-0.15, -0.1) is 0 Å². The van der Waals surface area contributed by atoms with Crippen LogP contribution < -0.4 is 5.32 Å². The lowest BCUT2D eigenvalue weighted by Gasteiger charge is -2.17. The molecule has 0 aliphatic carbocycles. The van der Waals surface area contributed by atoms with Gasteiger partial charge >= 0.3 is 6.03 Å². The Morgan fingerprint density at radius 3 is 2.68 bits per heavy atom. The number of rotatable bonds is 4. The van der Waals surface area contributed by atoms with Crippen LogP contribution in [0.1, 0.15) is 11.3 Å². The molecule has 0 aliphatic rings. The van der Waals surface area contributed by atoms with Crippen molar-refractivity contribution >= 4 is 6.03 Å². The van der Waals surface area contributed by atoms with E-state index >= 15 is 0 Å². The van der Waals surface area contributed by atoms with Crippen molar-refractivity contribution in [3.8, 4) is 0 Å². The number of pyridine rings is 2. The molecule has 0 fully saturated rings. The van der Waals surface area contributed by atoms with Crippen molar-refractivity contribution < 1.29 is 4.79 Å². The van der Waals surface area contributed by atoms with E-state index in [9.17, 15) is 4.79 Å². The predicted molar refractivity (Wildman–Crippen MR) is 72.2 cm³/mol. The Labute approximate surface area is 112 Å². The van der Waals surface area contributed by atoms with Crippen LogP contribution in [0.15, 0.2) is 48.9 Å². The summed E-state index contributed by atoms with van der Waals surface area (Å²) in [7, 11) is 1.76. The van der Waals surface area contributed by atoms with Gasteiger partial charge in [0.15, 0.2) is 0 Å². The number of hydrogen-bond donors (Lipinski definition) is 1. The van der Waals surface area contributed by atoms with E-state index in [4.69, 9.17) is 0 Å². The van der Waals surface area contributed by atoms with Crippen LogP contribution in [0.25, 0.3) is 0 Å². The molecule has 2 amide bonds. The molecule has 5 nitrogen and oxygen atoms in total. The molecule has 0 saturated carbocycles. The maximum Gasteiger partial charge on any atom is 0.317 e. The lowest BCUT2D eigenvalue weighted by Crippen LogP contribution is -2.36. The summed E-state index contributed by atoms with van der Waals surface area (Å²) in [5.74, 6) is 0. The summed E-state index contributed by atoms with van der Waals surface area (Å²) in [5.41, 5.74) is 1.89. The zero-order chi connectivity index (χ0) is 13.5. The minimum atomic E-state index is -0.123. The third kappa shape index (κ3) is 4.06. The zero-order valence-electron chi connectivity index (χ0n) is 10.8. The van der Waals surface area contributed by atoms with Crippen LogP contribution in [0.4, 0.5) is 4.79 Å². The van der Waals surface area contributed by atoms with E-state index in [-0.39, 0.29) is 6.03 Å². The van der Waals surface area contributed by atoms with Crippen molar-refractivity contribution in [2.24, 2.45) is 0 Å². The first-order valence-electron chi connectivity index (χ1n) is 6.03. The van der Waals surface area contributed by atoms with E-state index in [1.54, 1.807) is 30.5 Å². The molecule has 0 radical (unpaired) electrons. The highest BCUT2D eigenvalue weighted by Crippen LogP contribution is 2.01. The normalized spacial score (nSPS) is 9.95.